The summed E-state index contributed by atoms with van der Waals surface area (Å²) in [6.45, 7) is 6.37. The maximum atomic E-state index is 12.8. The van der Waals surface area contributed by atoms with Gasteiger partial charge in [-0.25, -0.2) is 0 Å². The van der Waals surface area contributed by atoms with Crippen LogP contribution in [0.1, 0.15) is 213 Å². The Morgan fingerprint density at radius 1 is 0.361 bits per heavy atom. The number of hydrogen-bond donors (Lipinski definition) is 0. The molecule has 0 aliphatic rings. The predicted octanol–water partition coefficient (Wildman–Crippen LogP) is 16.2. The molecule has 0 spiro atoms. The lowest BCUT2D eigenvalue weighted by atomic mass is 10.1. The average Bonchev–Trinajstić information content (AvgIpc) is 3.26. The van der Waals surface area contributed by atoms with E-state index < -0.39 is 6.10 Å². The molecule has 1 unspecified atom stereocenters. The van der Waals surface area contributed by atoms with Crippen LogP contribution in [-0.2, 0) is 28.6 Å². The van der Waals surface area contributed by atoms with Gasteiger partial charge in [-0.05, 0) is 103 Å². The Balaban J connectivity index is 4.54. The van der Waals surface area contributed by atoms with E-state index in [0.29, 0.717) is 19.3 Å². The second kappa shape index (κ2) is 49.0. The van der Waals surface area contributed by atoms with Gasteiger partial charge in [0.25, 0.3) is 0 Å². The Morgan fingerprint density at radius 3 is 1.20 bits per heavy atom. The van der Waals surface area contributed by atoms with Crippen LogP contribution in [0.15, 0.2) is 97.2 Å². The zero-order valence-electron chi connectivity index (χ0n) is 39.4. The van der Waals surface area contributed by atoms with Gasteiger partial charge < -0.3 is 14.2 Å². The zero-order valence-corrected chi connectivity index (χ0v) is 39.4. The van der Waals surface area contributed by atoms with Crippen molar-refractivity contribution in [2.45, 2.75) is 219 Å². The third-order valence-electron chi connectivity index (χ3n) is 10.1. The minimum atomic E-state index is -0.816. The van der Waals surface area contributed by atoms with Crippen molar-refractivity contribution in [3.63, 3.8) is 0 Å². The molecule has 0 aromatic carbocycles. The summed E-state index contributed by atoms with van der Waals surface area (Å²) >= 11 is 0. The molecule has 0 saturated carbocycles. The van der Waals surface area contributed by atoms with E-state index in [2.05, 4.69) is 106 Å². The van der Waals surface area contributed by atoms with Crippen molar-refractivity contribution in [1.82, 2.24) is 0 Å². The van der Waals surface area contributed by atoms with Crippen molar-refractivity contribution in [2.75, 3.05) is 13.2 Å². The average molecular weight is 847 g/mol. The van der Waals surface area contributed by atoms with Gasteiger partial charge in [0.2, 0.25) is 0 Å². The number of carbonyl (C=O) groups is 3. The first kappa shape index (κ1) is 57.3. The second-order valence-corrected chi connectivity index (χ2v) is 16.0. The molecular weight excluding hydrogens is 757 g/mol. The minimum absolute atomic E-state index is 0.111. The molecule has 0 aromatic rings. The highest BCUT2D eigenvalue weighted by Crippen LogP contribution is 2.13. The van der Waals surface area contributed by atoms with Gasteiger partial charge in [0.05, 0.1) is 0 Å². The fourth-order valence-electron chi connectivity index (χ4n) is 6.36. The van der Waals surface area contributed by atoms with Crippen LogP contribution in [0.3, 0.4) is 0 Å². The summed E-state index contributed by atoms with van der Waals surface area (Å²) in [5.41, 5.74) is 0. The van der Waals surface area contributed by atoms with Crippen molar-refractivity contribution in [2.24, 2.45) is 0 Å². The molecule has 0 aliphatic heterocycles. The number of allylic oxidation sites excluding steroid dienone is 16. The molecule has 6 heteroatoms. The minimum Gasteiger partial charge on any atom is -0.462 e. The van der Waals surface area contributed by atoms with Gasteiger partial charge in [0.15, 0.2) is 6.10 Å². The first-order valence-corrected chi connectivity index (χ1v) is 24.8. The Labute approximate surface area is 375 Å². The topological polar surface area (TPSA) is 78.9 Å². The summed E-state index contributed by atoms with van der Waals surface area (Å²) in [5, 5.41) is 0. The molecule has 0 amide bonds. The normalized spacial score (nSPS) is 12.9. The van der Waals surface area contributed by atoms with Crippen molar-refractivity contribution in [3.05, 3.63) is 97.2 Å². The summed E-state index contributed by atoms with van der Waals surface area (Å²) in [4.78, 5) is 37.9. The van der Waals surface area contributed by atoms with E-state index in [1.54, 1.807) is 0 Å². The van der Waals surface area contributed by atoms with Gasteiger partial charge in [-0.15, -0.1) is 0 Å². The van der Waals surface area contributed by atoms with Crippen LogP contribution in [0.25, 0.3) is 0 Å². The molecule has 0 heterocycles. The van der Waals surface area contributed by atoms with Crippen LogP contribution in [0, 0.1) is 0 Å². The summed E-state index contributed by atoms with van der Waals surface area (Å²) < 4.78 is 16.7. The Bertz CT molecular complexity index is 1250. The van der Waals surface area contributed by atoms with E-state index >= 15 is 0 Å². The molecule has 0 fully saturated rings. The van der Waals surface area contributed by atoms with Crippen LogP contribution in [0.5, 0.6) is 0 Å². The third kappa shape index (κ3) is 47.2. The quantitative estimate of drug-likeness (QED) is 0.0200. The number of hydrogen-bond acceptors (Lipinski definition) is 6. The van der Waals surface area contributed by atoms with Gasteiger partial charge in [-0.1, -0.05) is 189 Å². The van der Waals surface area contributed by atoms with Crippen LogP contribution in [0.2, 0.25) is 0 Å². The van der Waals surface area contributed by atoms with E-state index in [1.807, 2.05) is 12.2 Å². The number of carbonyl (C=O) groups excluding carboxylic acids is 3. The highest BCUT2D eigenvalue weighted by molar-refractivity contribution is 5.71. The summed E-state index contributed by atoms with van der Waals surface area (Å²) in [5.74, 6) is -1.02. The molecule has 0 radical (unpaired) electrons. The molecule has 0 bridgehead atoms. The van der Waals surface area contributed by atoms with E-state index in [9.17, 15) is 14.4 Å². The maximum Gasteiger partial charge on any atom is 0.306 e. The zero-order chi connectivity index (χ0) is 44.4. The lowest BCUT2D eigenvalue weighted by Crippen LogP contribution is -2.30. The van der Waals surface area contributed by atoms with Crippen molar-refractivity contribution in [1.29, 1.82) is 0 Å². The fourth-order valence-corrected chi connectivity index (χ4v) is 6.36. The monoisotopic (exact) mass is 847 g/mol. The fraction of sp³-hybridized carbons (Fsp3) is 0.655. The summed E-state index contributed by atoms with van der Waals surface area (Å²) in [6.07, 6.45) is 64.0. The highest BCUT2D eigenvalue weighted by atomic mass is 16.6. The van der Waals surface area contributed by atoms with Crippen molar-refractivity contribution < 1.29 is 28.6 Å². The standard InChI is InChI=1S/C55H90O6/c1-4-7-10-13-16-19-22-25-27-29-30-33-36-39-42-45-48-54(57)60-51-52(50-59-53(56)47-44-41-38-35-32-24-21-18-15-12-9-6-3)61-55(58)49-46-43-40-37-34-31-28-26-23-20-17-14-11-8-5-2/h7,10,16-21,23,25-27,30,33,39,42,52H,4-6,8-9,11-15,22,24,28-29,31-32,34-38,40-41,43-51H2,1-3H3/b10-7-,19-16-,20-17-,21-18-,26-23-,27-25-,33-30-,42-39-. The van der Waals surface area contributed by atoms with Gasteiger partial charge >= 0.3 is 17.9 Å². The second-order valence-electron chi connectivity index (χ2n) is 16.0. The molecule has 0 aromatic heterocycles. The summed E-state index contributed by atoms with van der Waals surface area (Å²) in [6, 6.07) is 0. The van der Waals surface area contributed by atoms with Crippen molar-refractivity contribution in [3.8, 4) is 0 Å². The Hall–Kier alpha value is -3.67. The van der Waals surface area contributed by atoms with Gasteiger partial charge in [-0.2, -0.15) is 0 Å². The van der Waals surface area contributed by atoms with Gasteiger partial charge in [0, 0.05) is 19.3 Å². The van der Waals surface area contributed by atoms with Crippen molar-refractivity contribution >= 4 is 17.9 Å². The summed E-state index contributed by atoms with van der Waals surface area (Å²) in [7, 11) is 0. The predicted molar refractivity (Wildman–Crippen MR) is 260 cm³/mol. The molecule has 346 valence electrons. The lowest BCUT2D eigenvalue weighted by Gasteiger charge is -2.18. The maximum absolute atomic E-state index is 12.8. The van der Waals surface area contributed by atoms with Crippen LogP contribution < -0.4 is 0 Å². The van der Waals surface area contributed by atoms with Gasteiger partial charge in [-0.3, -0.25) is 14.4 Å². The molecular formula is C55H90O6. The highest BCUT2D eigenvalue weighted by Gasteiger charge is 2.19. The molecule has 61 heavy (non-hydrogen) atoms. The van der Waals surface area contributed by atoms with E-state index in [1.165, 1.54) is 70.6 Å². The molecule has 0 rings (SSSR count). The van der Waals surface area contributed by atoms with Gasteiger partial charge in [0.1, 0.15) is 13.2 Å². The molecule has 0 aliphatic carbocycles. The smallest absolute Gasteiger partial charge is 0.306 e. The number of ether oxygens (including phenoxy) is 3. The molecule has 0 N–H and O–H groups in total. The SMILES string of the molecule is CC/C=C\C/C=C\C/C=C\C/C=C\C/C=C\CCC(=O)OCC(COC(=O)CCCCCCC/C=C\CCCCC)OC(=O)CCCCCCCC/C=C\C=C/CCCCC. The van der Waals surface area contributed by atoms with Crippen LogP contribution in [-0.4, -0.2) is 37.2 Å². The third-order valence-corrected chi connectivity index (χ3v) is 10.1. The lowest BCUT2D eigenvalue weighted by molar-refractivity contribution is -0.166. The number of rotatable bonds is 43. The van der Waals surface area contributed by atoms with Crippen LogP contribution in [0.4, 0.5) is 0 Å². The molecule has 1 atom stereocenters. The number of esters is 3. The Kier molecular flexibility index (Phi) is 46.0. The largest absolute Gasteiger partial charge is 0.462 e. The first-order chi connectivity index (χ1) is 30.0. The van der Waals surface area contributed by atoms with E-state index in [0.717, 1.165) is 96.3 Å². The molecule has 0 saturated heterocycles. The van der Waals surface area contributed by atoms with E-state index in [-0.39, 0.29) is 37.5 Å². The first-order valence-electron chi connectivity index (χ1n) is 24.8. The van der Waals surface area contributed by atoms with E-state index in [4.69, 9.17) is 14.2 Å². The van der Waals surface area contributed by atoms with Crippen LogP contribution >= 0.6 is 0 Å². The Morgan fingerprint density at radius 2 is 0.721 bits per heavy atom. The molecule has 6 nitrogen and oxygen atoms in total. The number of unbranched alkanes of at least 4 members (excludes halogenated alkanes) is 17.